The number of nitrogens with zero attached hydrogens (tertiary/aromatic N) is 1. The summed E-state index contributed by atoms with van der Waals surface area (Å²) in [6.07, 6.45) is 0. The van der Waals surface area contributed by atoms with Crippen LogP contribution in [0.3, 0.4) is 0 Å². The Balaban J connectivity index is 2.17. The molecule has 0 spiro atoms. The van der Waals surface area contributed by atoms with E-state index >= 15 is 0 Å². The minimum atomic E-state index is -0.486. The van der Waals surface area contributed by atoms with Gasteiger partial charge >= 0.3 is 0 Å². The number of nitro benzene ring substituents is 1. The SMILES string of the molecule is NNc1cc(CSc2cc(Cl)ccc2Cl)ccc1[N+](=O)[O-]. The zero-order valence-electron chi connectivity index (χ0n) is 10.7. The monoisotopic (exact) mass is 343 g/mol. The normalized spacial score (nSPS) is 10.4. The van der Waals surface area contributed by atoms with Crippen LogP contribution in [0.25, 0.3) is 0 Å². The molecule has 2 aromatic carbocycles. The average molecular weight is 344 g/mol. The van der Waals surface area contributed by atoms with E-state index in [0.29, 0.717) is 15.8 Å². The molecule has 0 amide bonds. The Morgan fingerprint density at radius 3 is 2.67 bits per heavy atom. The lowest BCUT2D eigenvalue weighted by atomic mass is 10.2. The van der Waals surface area contributed by atoms with Gasteiger partial charge in [0.1, 0.15) is 5.69 Å². The molecule has 0 aliphatic carbocycles. The van der Waals surface area contributed by atoms with E-state index in [2.05, 4.69) is 5.43 Å². The van der Waals surface area contributed by atoms with Gasteiger partial charge in [-0.05, 0) is 29.8 Å². The van der Waals surface area contributed by atoms with E-state index in [1.807, 2.05) is 0 Å². The number of hydrazine groups is 1. The van der Waals surface area contributed by atoms with E-state index in [1.165, 1.54) is 17.8 Å². The maximum absolute atomic E-state index is 10.8. The summed E-state index contributed by atoms with van der Waals surface area (Å²) in [6, 6.07) is 9.98. The van der Waals surface area contributed by atoms with Crippen LogP contribution in [0.2, 0.25) is 10.0 Å². The van der Waals surface area contributed by atoms with Crippen LogP contribution >= 0.6 is 35.0 Å². The van der Waals surface area contributed by atoms with Gasteiger partial charge in [0.05, 0.1) is 9.95 Å². The third kappa shape index (κ3) is 4.01. The Kier molecular flexibility index (Phi) is 5.30. The van der Waals surface area contributed by atoms with Crippen molar-refractivity contribution in [2.75, 3.05) is 5.43 Å². The number of nitro groups is 1. The molecular formula is C13H11Cl2N3O2S. The molecule has 0 saturated heterocycles. The molecule has 0 heterocycles. The first kappa shape index (κ1) is 15.9. The number of nitrogens with two attached hydrogens (primary N) is 1. The molecule has 0 radical (unpaired) electrons. The summed E-state index contributed by atoms with van der Waals surface area (Å²) in [7, 11) is 0. The molecule has 0 aliphatic heterocycles. The molecule has 0 bridgehead atoms. The summed E-state index contributed by atoms with van der Waals surface area (Å²) >= 11 is 13.5. The minimum absolute atomic E-state index is 0.0629. The molecule has 8 heteroatoms. The summed E-state index contributed by atoms with van der Waals surface area (Å²) in [6.45, 7) is 0. The Morgan fingerprint density at radius 1 is 1.24 bits per heavy atom. The van der Waals surface area contributed by atoms with Crippen molar-refractivity contribution in [2.24, 2.45) is 5.84 Å². The molecule has 21 heavy (non-hydrogen) atoms. The smallest absolute Gasteiger partial charge is 0.293 e. The molecule has 0 unspecified atom stereocenters. The number of benzene rings is 2. The second-order valence-corrected chi connectivity index (χ2v) is 5.98. The Morgan fingerprint density at radius 2 is 2.00 bits per heavy atom. The number of halogens is 2. The van der Waals surface area contributed by atoms with Gasteiger partial charge in [0.2, 0.25) is 0 Å². The number of hydrogen-bond acceptors (Lipinski definition) is 5. The topological polar surface area (TPSA) is 81.2 Å². The molecule has 2 rings (SSSR count). The maximum Gasteiger partial charge on any atom is 0.293 e. The van der Waals surface area contributed by atoms with Gasteiger partial charge in [-0.1, -0.05) is 29.3 Å². The highest BCUT2D eigenvalue weighted by Crippen LogP contribution is 2.33. The highest BCUT2D eigenvalue weighted by Gasteiger charge is 2.13. The second-order valence-electron chi connectivity index (χ2n) is 4.12. The summed E-state index contributed by atoms with van der Waals surface area (Å²) in [4.78, 5) is 11.2. The summed E-state index contributed by atoms with van der Waals surface area (Å²) in [5.74, 6) is 5.90. The molecule has 3 N–H and O–H groups in total. The Labute approximate surface area is 135 Å². The minimum Gasteiger partial charge on any atom is -0.318 e. The van der Waals surface area contributed by atoms with E-state index in [9.17, 15) is 10.1 Å². The van der Waals surface area contributed by atoms with Gasteiger partial charge in [0.15, 0.2) is 0 Å². The van der Waals surface area contributed by atoms with Gasteiger partial charge in [-0.3, -0.25) is 16.0 Å². The summed E-state index contributed by atoms with van der Waals surface area (Å²) in [5.41, 5.74) is 3.43. The van der Waals surface area contributed by atoms with Crippen molar-refractivity contribution in [1.82, 2.24) is 0 Å². The predicted molar refractivity (Wildman–Crippen MR) is 86.9 cm³/mol. The average Bonchev–Trinajstić information content (AvgIpc) is 2.47. The number of hydrogen-bond donors (Lipinski definition) is 2. The van der Waals surface area contributed by atoms with Crippen LogP contribution in [-0.4, -0.2) is 4.92 Å². The van der Waals surface area contributed by atoms with Crippen molar-refractivity contribution in [2.45, 2.75) is 10.6 Å². The first-order chi connectivity index (χ1) is 10.0. The quantitative estimate of drug-likeness (QED) is 0.362. The van der Waals surface area contributed by atoms with Crippen molar-refractivity contribution in [3.05, 3.63) is 62.1 Å². The van der Waals surface area contributed by atoms with E-state index in [-0.39, 0.29) is 11.4 Å². The van der Waals surface area contributed by atoms with E-state index in [1.54, 1.807) is 30.3 Å². The number of rotatable bonds is 5. The molecule has 5 nitrogen and oxygen atoms in total. The lowest BCUT2D eigenvalue weighted by Crippen LogP contribution is -2.09. The van der Waals surface area contributed by atoms with Crippen molar-refractivity contribution in [3.63, 3.8) is 0 Å². The number of nitrogen functional groups attached to an aromatic ring is 1. The van der Waals surface area contributed by atoms with Crippen molar-refractivity contribution in [1.29, 1.82) is 0 Å². The number of thioether (sulfide) groups is 1. The highest BCUT2D eigenvalue weighted by atomic mass is 35.5. The number of anilines is 1. The standard InChI is InChI=1S/C13H11Cl2N3O2S/c14-9-2-3-10(15)13(6-9)21-7-8-1-4-12(18(19)20)11(5-8)17-16/h1-6,17H,7,16H2. The zero-order chi connectivity index (χ0) is 15.4. The van der Waals surface area contributed by atoms with Crippen molar-refractivity contribution >= 4 is 46.3 Å². The van der Waals surface area contributed by atoms with Crippen LogP contribution in [0.5, 0.6) is 0 Å². The molecule has 0 atom stereocenters. The van der Waals surface area contributed by atoms with Crippen LogP contribution in [-0.2, 0) is 5.75 Å². The Hall–Kier alpha value is -1.47. The molecule has 2 aromatic rings. The lowest BCUT2D eigenvalue weighted by molar-refractivity contribution is -0.384. The third-order valence-corrected chi connectivity index (χ3v) is 4.50. The first-order valence-corrected chi connectivity index (χ1v) is 7.57. The summed E-state index contributed by atoms with van der Waals surface area (Å²) in [5, 5.41) is 12.0. The van der Waals surface area contributed by atoms with Crippen LogP contribution < -0.4 is 11.3 Å². The summed E-state index contributed by atoms with van der Waals surface area (Å²) < 4.78 is 0. The van der Waals surface area contributed by atoms with Crippen molar-refractivity contribution in [3.8, 4) is 0 Å². The van der Waals surface area contributed by atoms with Gasteiger partial charge in [0.25, 0.3) is 5.69 Å². The fraction of sp³-hybridized carbons (Fsp3) is 0.0769. The van der Waals surface area contributed by atoms with E-state index in [4.69, 9.17) is 29.0 Å². The van der Waals surface area contributed by atoms with E-state index < -0.39 is 4.92 Å². The number of nitrogens with one attached hydrogen (secondary N) is 1. The van der Waals surface area contributed by atoms with Crippen molar-refractivity contribution < 1.29 is 4.92 Å². The largest absolute Gasteiger partial charge is 0.318 e. The lowest BCUT2D eigenvalue weighted by Gasteiger charge is -2.07. The molecule has 0 saturated carbocycles. The van der Waals surface area contributed by atoms with Gasteiger partial charge in [-0.25, -0.2) is 0 Å². The van der Waals surface area contributed by atoms with Gasteiger partial charge in [-0.2, -0.15) is 0 Å². The fourth-order valence-electron chi connectivity index (χ4n) is 1.70. The van der Waals surface area contributed by atoms with Gasteiger partial charge in [0, 0.05) is 21.7 Å². The first-order valence-electron chi connectivity index (χ1n) is 5.83. The second kappa shape index (κ2) is 7.00. The fourth-order valence-corrected chi connectivity index (χ4v) is 3.13. The van der Waals surface area contributed by atoms with Crippen LogP contribution in [0, 0.1) is 10.1 Å². The van der Waals surface area contributed by atoms with E-state index in [0.717, 1.165) is 10.5 Å². The molecule has 0 aliphatic rings. The van der Waals surface area contributed by atoms with Gasteiger partial charge < -0.3 is 5.43 Å². The highest BCUT2D eigenvalue weighted by molar-refractivity contribution is 7.98. The zero-order valence-corrected chi connectivity index (χ0v) is 13.0. The Bertz CT molecular complexity index is 682. The molecule has 0 fully saturated rings. The molecular weight excluding hydrogens is 333 g/mol. The molecule has 110 valence electrons. The van der Waals surface area contributed by atoms with Crippen LogP contribution in [0.4, 0.5) is 11.4 Å². The predicted octanol–water partition coefficient (Wildman–Crippen LogP) is 4.48. The third-order valence-electron chi connectivity index (χ3n) is 2.70. The van der Waals surface area contributed by atoms with Gasteiger partial charge in [-0.15, -0.1) is 11.8 Å². The molecule has 0 aromatic heterocycles. The van der Waals surface area contributed by atoms with Crippen LogP contribution in [0.1, 0.15) is 5.56 Å². The van der Waals surface area contributed by atoms with Crippen LogP contribution in [0.15, 0.2) is 41.3 Å². The maximum atomic E-state index is 10.8.